The van der Waals surface area contributed by atoms with Gasteiger partial charge in [0.1, 0.15) is 11.7 Å². The maximum Gasteiger partial charge on any atom is 0.241 e. The molecule has 1 unspecified atom stereocenters. The molecule has 1 amide bonds. The van der Waals surface area contributed by atoms with E-state index in [1.165, 1.54) is 0 Å². The zero-order valence-electron chi connectivity index (χ0n) is 11.9. The molecule has 0 aliphatic carbocycles. The lowest BCUT2D eigenvalue weighted by molar-refractivity contribution is -0.118. The van der Waals surface area contributed by atoms with E-state index in [0.717, 1.165) is 5.56 Å². The minimum absolute atomic E-state index is 0.288. The van der Waals surface area contributed by atoms with Crippen LogP contribution in [0.25, 0.3) is 0 Å². The predicted octanol–water partition coefficient (Wildman–Crippen LogP) is 3.31. The van der Waals surface area contributed by atoms with E-state index in [2.05, 4.69) is 19.2 Å². The van der Waals surface area contributed by atoms with Crippen molar-refractivity contribution in [3.05, 3.63) is 23.8 Å². The molecule has 4 nitrogen and oxygen atoms in total. The summed E-state index contributed by atoms with van der Waals surface area (Å²) in [5, 5.41) is 11.7. The van der Waals surface area contributed by atoms with E-state index in [1.807, 2.05) is 31.2 Å². The van der Waals surface area contributed by atoms with E-state index in [0.29, 0.717) is 23.8 Å². The molecule has 0 spiro atoms. The number of anilines is 1. The first-order valence-corrected chi connectivity index (χ1v) is 6.41. The van der Waals surface area contributed by atoms with Gasteiger partial charge in [-0.3, -0.25) is 4.79 Å². The van der Waals surface area contributed by atoms with Gasteiger partial charge in [-0.15, -0.1) is 0 Å². The Morgan fingerprint density at radius 2 is 2.16 bits per heavy atom. The fraction of sp³-hybridized carbons (Fsp3) is 0.467. The summed E-state index contributed by atoms with van der Waals surface area (Å²) in [6.07, 6.45) is 0.495. The molecule has 0 heterocycles. The van der Waals surface area contributed by atoms with E-state index in [1.54, 1.807) is 7.11 Å². The number of nitriles is 1. The van der Waals surface area contributed by atoms with Gasteiger partial charge in [0, 0.05) is 0 Å². The third-order valence-corrected chi connectivity index (χ3v) is 3.03. The number of amides is 1. The van der Waals surface area contributed by atoms with Crippen LogP contribution in [0, 0.1) is 17.2 Å². The molecule has 1 atom stereocenters. The number of carbonyl (C=O) groups is 1. The van der Waals surface area contributed by atoms with Crippen molar-refractivity contribution in [3.63, 3.8) is 0 Å². The van der Waals surface area contributed by atoms with Gasteiger partial charge >= 0.3 is 0 Å². The Hall–Kier alpha value is -2.02. The molecular formula is C15H20N2O2. The average molecular weight is 260 g/mol. The van der Waals surface area contributed by atoms with Gasteiger partial charge in [-0.05, 0) is 30.0 Å². The average Bonchev–Trinajstić information content (AvgIpc) is 2.39. The number of rotatable bonds is 5. The lowest BCUT2D eigenvalue weighted by Gasteiger charge is -2.14. The summed E-state index contributed by atoms with van der Waals surface area (Å²) in [6, 6.07) is 7.69. The molecule has 0 aliphatic rings. The second-order valence-corrected chi connectivity index (χ2v) is 4.69. The van der Waals surface area contributed by atoms with Gasteiger partial charge < -0.3 is 10.1 Å². The molecule has 0 fully saturated rings. The Morgan fingerprint density at radius 1 is 1.47 bits per heavy atom. The molecule has 1 N–H and O–H groups in total. The van der Waals surface area contributed by atoms with Crippen LogP contribution in [-0.4, -0.2) is 13.0 Å². The number of carbonyl (C=O) groups excluding carboxylic acids is 1. The van der Waals surface area contributed by atoms with Gasteiger partial charge in [-0.1, -0.05) is 26.8 Å². The second kappa shape index (κ2) is 6.79. The number of benzene rings is 1. The maximum absolute atomic E-state index is 11.9. The van der Waals surface area contributed by atoms with Crippen molar-refractivity contribution in [3.8, 4) is 11.8 Å². The summed E-state index contributed by atoms with van der Waals surface area (Å²) in [7, 11) is 1.56. The number of ether oxygens (including phenoxy) is 1. The van der Waals surface area contributed by atoms with Crippen LogP contribution in [0.15, 0.2) is 18.2 Å². The molecular weight excluding hydrogens is 240 g/mol. The van der Waals surface area contributed by atoms with Crippen molar-refractivity contribution in [1.82, 2.24) is 0 Å². The molecule has 102 valence electrons. The molecule has 1 aromatic carbocycles. The fourth-order valence-electron chi connectivity index (χ4n) is 1.74. The normalized spacial score (nSPS) is 11.8. The van der Waals surface area contributed by atoms with Crippen molar-refractivity contribution >= 4 is 11.6 Å². The summed E-state index contributed by atoms with van der Waals surface area (Å²) in [5.74, 6) is 0.0432. The zero-order valence-corrected chi connectivity index (χ0v) is 11.9. The van der Waals surface area contributed by atoms with Crippen molar-refractivity contribution in [2.45, 2.75) is 33.1 Å². The fourth-order valence-corrected chi connectivity index (χ4v) is 1.74. The summed E-state index contributed by atoms with van der Waals surface area (Å²) in [6.45, 7) is 5.98. The molecule has 0 aliphatic heterocycles. The number of hydrogen-bond acceptors (Lipinski definition) is 3. The Kier molecular flexibility index (Phi) is 5.37. The molecule has 19 heavy (non-hydrogen) atoms. The summed E-state index contributed by atoms with van der Waals surface area (Å²) in [5.41, 5.74) is 1.73. The quantitative estimate of drug-likeness (QED) is 0.883. The number of hydrogen-bond donors (Lipinski definition) is 1. The largest absolute Gasteiger partial charge is 0.495 e. The van der Waals surface area contributed by atoms with Gasteiger partial charge in [0.2, 0.25) is 5.91 Å². The Balaban J connectivity index is 3.01. The van der Waals surface area contributed by atoms with Crippen molar-refractivity contribution in [2.75, 3.05) is 12.4 Å². The summed E-state index contributed by atoms with van der Waals surface area (Å²) < 4.78 is 5.23. The molecule has 1 aromatic rings. The highest BCUT2D eigenvalue weighted by Crippen LogP contribution is 2.29. The molecule has 1 rings (SSSR count). The highest BCUT2D eigenvalue weighted by Gasteiger charge is 2.17. The van der Waals surface area contributed by atoms with Gasteiger partial charge in [0.25, 0.3) is 0 Å². The van der Waals surface area contributed by atoms with Gasteiger partial charge in [0.05, 0.1) is 18.9 Å². The van der Waals surface area contributed by atoms with Gasteiger partial charge in [-0.25, -0.2) is 0 Å². The highest BCUT2D eigenvalue weighted by atomic mass is 16.5. The monoisotopic (exact) mass is 260 g/mol. The van der Waals surface area contributed by atoms with Crippen molar-refractivity contribution in [1.29, 1.82) is 5.26 Å². The minimum Gasteiger partial charge on any atom is -0.495 e. The smallest absolute Gasteiger partial charge is 0.241 e. The SMILES string of the molecule is CCC(C#N)C(=O)Nc1cc(C(C)C)ccc1OC. The van der Waals surface area contributed by atoms with E-state index < -0.39 is 5.92 Å². The first-order chi connectivity index (χ1) is 9.03. The maximum atomic E-state index is 11.9. The lowest BCUT2D eigenvalue weighted by Crippen LogP contribution is -2.21. The van der Waals surface area contributed by atoms with Crippen LogP contribution in [0.4, 0.5) is 5.69 Å². The third-order valence-electron chi connectivity index (χ3n) is 3.03. The third kappa shape index (κ3) is 3.72. The first kappa shape index (κ1) is 15.0. The van der Waals surface area contributed by atoms with Crippen LogP contribution < -0.4 is 10.1 Å². The Morgan fingerprint density at radius 3 is 2.63 bits per heavy atom. The summed E-state index contributed by atoms with van der Waals surface area (Å²) in [4.78, 5) is 11.9. The first-order valence-electron chi connectivity index (χ1n) is 6.41. The summed E-state index contributed by atoms with van der Waals surface area (Å²) >= 11 is 0. The molecule has 0 saturated heterocycles. The lowest BCUT2D eigenvalue weighted by atomic mass is 10.0. The van der Waals surface area contributed by atoms with Crippen LogP contribution in [-0.2, 0) is 4.79 Å². The standard InChI is InChI=1S/C15H20N2O2/c1-5-11(9-16)15(18)17-13-8-12(10(2)3)6-7-14(13)19-4/h6-8,10-11H,5H2,1-4H3,(H,17,18). The highest BCUT2D eigenvalue weighted by molar-refractivity contribution is 5.95. The number of nitrogens with zero attached hydrogens (tertiary/aromatic N) is 1. The van der Waals surface area contributed by atoms with E-state index in [-0.39, 0.29) is 5.91 Å². The number of methoxy groups -OCH3 is 1. The minimum atomic E-state index is -0.632. The molecule has 0 bridgehead atoms. The van der Waals surface area contributed by atoms with Crippen LogP contribution in [0.1, 0.15) is 38.7 Å². The zero-order chi connectivity index (χ0) is 14.4. The second-order valence-electron chi connectivity index (χ2n) is 4.69. The molecule has 4 heteroatoms. The van der Waals surface area contributed by atoms with Crippen molar-refractivity contribution < 1.29 is 9.53 Å². The van der Waals surface area contributed by atoms with E-state index >= 15 is 0 Å². The van der Waals surface area contributed by atoms with Gasteiger partial charge in [-0.2, -0.15) is 5.26 Å². The van der Waals surface area contributed by atoms with Crippen LogP contribution in [0.3, 0.4) is 0 Å². The molecule has 0 saturated carbocycles. The van der Waals surface area contributed by atoms with Crippen LogP contribution >= 0.6 is 0 Å². The van der Waals surface area contributed by atoms with Crippen LogP contribution in [0.5, 0.6) is 5.75 Å². The Bertz CT molecular complexity index is 489. The van der Waals surface area contributed by atoms with E-state index in [9.17, 15) is 4.79 Å². The van der Waals surface area contributed by atoms with Gasteiger partial charge in [0.15, 0.2) is 0 Å². The van der Waals surface area contributed by atoms with Crippen LogP contribution in [0.2, 0.25) is 0 Å². The van der Waals surface area contributed by atoms with Crippen molar-refractivity contribution in [2.24, 2.45) is 5.92 Å². The topological polar surface area (TPSA) is 62.1 Å². The van der Waals surface area contributed by atoms with E-state index in [4.69, 9.17) is 10.00 Å². The molecule has 0 radical (unpaired) electrons. The Labute approximate surface area is 114 Å². The molecule has 0 aromatic heterocycles. The predicted molar refractivity (Wildman–Crippen MR) is 75.1 cm³/mol. The number of nitrogens with one attached hydrogen (secondary N) is 1.